The summed E-state index contributed by atoms with van der Waals surface area (Å²) in [5, 5.41) is 0. The van der Waals surface area contributed by atoms with Crippen molar-refractivity contribution in [3.63, 3.8) is 0 Å². The van der Waals surface area contributed by atoms with E-state index in [4.69, 9.17) is 16.3 Å². The van der Waals surface area contributed by atoms with Gasteiger partial charge in [0.15, 0.2) is 0 Å². The molecule has 0 aromatic carbocycles. The lowest BCUT2D eigenvalue weighted by atomic mass is 10.1. The summed E-state index contributed by atoms with van der Waals surface area (Å²) in [4.78, 5) is 5.54. The van der Waals surface area contributed by atoms with Gasteiger partial charge in [0.25, 0.3) is 0 Å². The fourth-order valence-corrected chi connectivity index (χ4v) is 2.29. The van der Waals surface area contributed by atoms with E-state index in [1.54, 1.807) is 0 Å². The van der Waals surface area contributed by atoms with Gasteiger partial charge in [0, 0.05) is 0 Å². The predicted molar refractivity (Wildman–Crippen MR) is 60.4 cm³/mol. The number of hydrogen-bond donors (Lipinski definition) is 0. The van der Waals surface area contributed by atoms with Crippen LogP contribution < -0.4 is 0 Å². The second-order valence-electron chi connectivity index (χ2n) is 3.66. The average Bonchev–Trinajstić information content (AvgIpc) is 2.70. The minimum absolute atomic E-state index is 0.297. The predicted octanol–water partition coefficient (Wildman–Crippen LogP) is 3.20. The monoisotopic (exact) mass is 229 g/mol. The first-order valence-corrected chi connectivity index (χ1v) is 5.82. The van der Waals surface area contributed by atoms with Crippen molar-refractivity contribution < 1.29 is 4.74 Å². The Morgan fingerprint density at radius 3 is 2.86 bits per heavy atom. The summed E-state index contributed by atoms with van der Waals surface area (Å²) in [6.45, 7) is 5.01. The molecule has 0 saturated heterocycles. The van der Waals surface area contributed by atoms with Crippen LogP contribution in [0, 0.1) is 5.92 Å². The van der Waals surface area contributed by atoms with Crippen LogP contribution in [-0.2, 0) is 4.74 Å². The number of nitrogens with zero attached hydrogens (tertiary/aromatic N) is 1. The zero-order chi connectivity index (χ0) is 10.1. The summed E-state index contributed by atoms with van der Waals surface area (Å²) < 4.78 is 6.31. The lowest BCUT2D eigenvalue weighted by molar-refractivity contribution is 0.292. The van der Waals surface area contributed by atoms with E-state index in [2.05, 4.69) is 18.8 Å². The zero-order valence-electron chi connectivity index (χ0n) is 8.16. The quantitative estimate of drug-likeness (QED) is 0.763. The van der Waals surface area contributed by atoms with Gasteiger partial charge in [-0.15, -0.1) is 11.3 Å². The molecule has 0 N–H and O–H groups in total. The van der Waals surface area contributed by atoms with Crippen LogP contribution in [0.25, 0.3) is 0 Å². The third-order valence-corrected chi connectivity index (χ3v) is 3.45. The molecule has 4 heteroatoms. The zero-order valence-corrected chi connectivity index (χ0v) is 9.73. The molecule has 0 amide bonds. The lowest BCUT2D eigenvalue weighted by Gasteiger charge is -2.06. The van der Waals surface area contributed by atoms with Crippen molar-refractivity contribution in [2.45, 2.75) is 19.9 Å². The molecule has 1 aromatic heterocycles. The maximum absolute atomic E-state index is 5.85. The van der Waals surface area contributed by atoms with Gasteiger partial charge in [0.1, 0.15) is 6.61 Å². The minimum Gasteiger partial charge on any atom is -0.475 e. The molecule has 0 saturated carbocycles. The Morgan fingerprint density at radius 2 is 2.36 bits per heavy atom. The fraction of sp³-hybridized carbons (Fsp3) is 0.500. The topological polar surface area (TPSA) is 21.6 Å². The average molecular weight is 230 g/mol. The SMILES string of the molecule is CC(C)[C@H]1COC(c2ccc(Cl)s2)=N1. The molecule has 0 bridgehead atoms. The Bertz CT molecular complexity index is 359. The molecule has 76 valence electrons. The molecule has 14 heavy (non-hydrogen) atoms. The van der Waals surface area contributed by atoms with Gasteiger partial charge in [-0.25, -0.2) is 4.99 Å². The lowest BCUT2D eigenvalue weighted by Crippen LogP contribution is -2.13. The Balaban J connectivity index is 2.17. The highest BCUT2D eigenvalue weighted by Crippen LogP contribution is 2.25. The molecular weight excluding hydrogens is 218 g/mol. The van der Waals surface area contributed by atoms with E-state index in [1.807, 2.05) is 12.1 Å². The van der Waals surface area contributed by atoms with E-state index < -0.39 is 0 Å². The van der Waals surface area contributed by atoms with E-state index in [0.717, 1.165) is 15.1 Å². The standard InChI is InChI=1S/C10H12ClNOS/c1-6(2)7-5-13-10(12-7)8-3-4-9(11)14-8/h3-4,6-7H,5H2,1-2H3/t7-/m1/s1. The Hall–Kier alpha value is -0.540. The van der Waals surface area contributed by atoms with Gasteiger partial charge in [-0.3, -0.25) is 0 Å². The van der Waals surface area contributed by atoms with Crippen molar-refractivity contribution in [1.29, 1.82) is 0 Å². The first-order chi connectivity index (χ1) is 6.66. The third kappa shape index (κ3) is 1.93. The summed E-state index contributed by atoms with van der Waals surface area (Å²) in [6, 6.07) is 4.12. The molecule has 1 aromatic rings. The summed E-state index contributed by atoms with van der Waals surface area (Å²) in [6.07, 6.45) is 0. The molecule has 2 rings (SSSR count). The van der Waals surface area contributed by atoms with Crippen molar-refractivity contribution >= 4 is 28.8 Å². The molecule has 0 spiro atoms. The number of aliphatic imine (C=N–C) groups is 1. The Morgan fingerprint density at radius 1 is 1.57 bits per heavy atom. The molecule has 2 nitrogen and oxygen atoms in total. The molecule has 0 unspecified atom stereocenters. The molecule has 0 radical (unpaired) electrons. The van der Waals surface area contributed by atoms with Crippen molar-refractivity contribution in [2.75, 3.05) is 6.61 Å². The van der Waals surface area contributed by atoms with Gasteiger partial charge < -0.3 is 4.74 Å². The van der Waals surface area contributed by atoms with Crippen molar-refractivity contribution in [2.24, 2.45) is 10.9 Å². The normalized spacial score (nSPS) is 21.1. The van der Waals surface area contributed by atoms with Crippen LogP contribution in [0.5, 0.6) is 0 Å². The summed E-state index contributed by atoms with van der Waals surface area (Å²) in [5.41, 5.74) is 0. The minimum atomic E-state index is 0.297. The maximum Gasteiger partial charge on any atom is 0.226 e. The van der Waals surface area contributed by atoms with Gasteiger partial charge >= 0.3 is 0 Å². The highest BCUT2D eigenvalue weighted by atomic mass is 35.5. The molecule has 2 heterocycles. The largest absolute Gasteiger partial charge is 0.475 e. The smallest absolute Gasteiger partial charge is 0.226 e. The number of ether oxygens (including phenoxy) is 1. The Labute approximate surface area is 92.6 Å². The molecule has 1 aliphatic heterocycles. The summed E-state index contributed by atoms with van der Waals surface area (Å²) >= 11 is 7.35. The highest BCUT2D eigenvalue weighted by Gasteiger charge is 2.23. The van der Waals surface area contributed by atoms with Crippen LogP contribution in [0.2, 0.25) is 4.34 Å². The van der Waals surface area contributed by atoms with E-state index in [9.17, 15) is 0 Å². The molecule has 0 fully saturated rings. The maximum atomic E-state index is 5.85. The first kappa shape index (κ1) is 9.99. The molecule has 1 aliphatic rings. The van der Waals surface area contributed by atoms with Crippen LogP contribution in [0.3, 0.4) is 0 Å². The Kier molecular flexibility index (Phi) is 2.79. The van der Waals surface area contributed by atoms with Gasteiger partial charge in [-0.1, -0.05) is 25.4 Å². The van der Waals surface area contributed by atoms with Gasteiger partial charge in [0.05, 0.1) is 15.3 Å². The summed E-state index contributed by atoms with van der Waals surface area (Å²) in [5.74, 6) is 1.28. The van der Waals surface area contributed by atoms with Crippen LogP contribution >= 0.6 is 22.9 Å². The van der Waals surface area contributed by atoms with Crippen LogP contribution in [0.15, 0.2) is 17.1 Å². The first-order valence-electron chi connectivity index (χ1n) is 4.63. The van der Waals surface area contributed by atoms with Gasteiger partial charge in [-0.2, -0.15) is 0 Å². The summed E-state index contributed by atoms with van der Waals surface area (Å²) in [7, 11) is 0. The molecule has 1 atom stereocenters. The van der Waals surface area contributed by atoms with Gasteiger partial charge in [0.2, 0.25) is 5.90 Å². The van der Waals surface area contributed by atoms with E-state index in [-0.39, 0.29) is 0 Å². The van der Waals surface area contributed by atoms with Crippen LogP contribution in [0.1, 0.15) is 18.7 Å². The van der Waals surface area contributed by atoms with Crippen molar-refractivity contribution in [3.05, 3.63) is 21.3 Å². The fourth-order valence-electron chi connectivity index (χ4n) is 1.29. The number of thiophene rings is 1. The van der Waals surface area contributed by atoms with E-state index >= 15 is 0 Å². The van der Waals surface area contributed by atoms with Crippen LogP contribution in [0.4, 0.5) is 0 Å². The number of hydrogen-bond acceptors (Lipinski definition) is 3. The van der Waals surface area contributed by atoms with Crippen LogP contribution in [-0.4, -0.2) is 18.5 Å². The second-order valence-corrected chi connectivity index (χ2v) is 5.38. The van der Waals surface area contributed by atoms with E-state index in [1.165, 1.54) is 11.3 Å². The third-order valence-electron chi connectivity index (χ3n) is 2.23. The molecule has 0 aliphatic carbocycles. The van der Waals surface area contributed by atoms with Crippen molar-refractivity contribution in [3.8, 4) is 0 Å². The van der Waals surface area contributed by atoms with Gasteiger partial charge in [-0.05, 0) is 18.1 Å². The number of halogens is 1. The second kappa shape index (κ2) is 3.91. The van der Waals surface area contributed by atoms with E-state index in [0.29, 0.717) is 18.6 Å². The highest BCUT2D eigenvalue weighted by molar-refractivity contribution is 7.18. The van der Waals surface area contributed by atoms with Crippen molar-refractivity contribution in [1.82, 2.24) is 0 Å². The molecular formula is C10H12ClNOS. The number of rotatable bonds is 2.